The maximum absolute atomic E-state index is 13.4. The average molecular weight is 338 g/mol. The molecule has 1 saturated carbocycles. The Morgan fingerprint density at radius 1 is 1.42 bits per heavy atom. The Hall–Kier alpha value is -2.11. The molecule has 3 rings (SSSR count). The quantitative estimate of drug-likeness (QED) is 0.783. The Labute approximate surface area is 139 Å². The summed E-state index contributed by atoms with van der Waals surface area (Å²) in [6.07, 6.45) is 2.54. The van der Waals surface area contributed by atoms with E-state index in [1.165, 1.54) is 0 Å². The number of carbonyl (C=O) groups excluding carboxylic acids is 1. The van der Waals surface area contributed by atoms with Gasteiger partial charge in [0.1, 0.15) is 6.61 Å². The lowest BCUT2D eigenvalue weighted by atomic mass is 9.87. The van der Waals surface area contributed by atoms with E-state index in [1.54, 1.807) is 25.3 Å². The van der Waals surface area contributed by atoms with Crippen molar-refractivity contribution in [2.45, 2.75) is 31.6 Å². The molecule has 130 valence electrons. The normalized spacial score (nSPS) is 22.0. The molecule has 0 bridgehead atoms. The topological polar surface area (TPSA) is 44.8 Å². The van der Waals surface area contributed by atoms with Crippen LogP contribution in [0.4, 0.5) is 8.78 Å². The van der Waals surface area contributed by atoms with E-state index in [-0.39, 0.29) is 32.0 Å². The maximum atomic E-state index is 13.4. The number of carbonyl (C=O) groups is 1. The van der Waals surface area contributed by atoms with Crippen molar-refractivity contribution < 1.29 is 27.8 Å². The summed E-state index contributed by atoms with van der Waals surface area (Å²) in [6, 6.07) is 5.39. The summed E-state index contributed by atoms with van der Waals surface area (Å²) in [4.78, 5) is 12.2. The van der Waals surface area contributed by atoms with E-state index in [9.17, 15) is 13.6 Å². The SMILES string of the molecule is COc1cccc2c1OCC(C(=O)OC[C@H]1CCCC(F)(F)C1)=C2. The minimum atomic E-state index is -2.64. The van der Waals surface area contributed by atoms with Crippen LogP contribution in [0.15, 0.2) is 23.8 Å². The number of fused-ring (bicyclic) bond motifs is 1. The van der Waals surface area contributed by atoms with Gasteiger partial charge >= 0.3 is 5.97 Å². The fraction of sp³-hybridized carbons (Fsp3) is 0.500. The van der Waals surface area contributed by atoms with Gasteiger partial charge in [-0.25, -0.2) is 13.6 Å². The lowest BCUT2D eigenvalue weighted by molar-refractivity contribution is -0.143. The summed E-state index contributed by atoms with van der Waals surface area (Å²) >= 11 is 0. The van der Waals surface area contributed by atoms with E-state index in [4.69, 9.17) is 14.2 Å². The molecule has 1 aliphatic carbocycles. The molecule has 1 atom stereocenters. The number of para-hydroxylation sites is 1. The zero-order valence-electron chi connectivity index (χ0n) is 13.5. The van der Waals surface area contributed by atoms with Gasteiger partial charge in [0.05, 0.1) is 19.3 Å². The molecule has 24 heavy (non-hydrogen) atoms. The molecule has 4 nitrogen and oxygen atoms in total. The number of hydrogen-bond acceptors (Lipinski definition) is 4. The first kappa shape index (κ1) is 16.7. The van der Waals surface area contributed by atoms with Crippen LogP contribution in [0.5, 0.6) is 11.5 Å². The number of benzene rings is 1. The van der Waals surface area contributed by atoms with Gasteiger partial charge < -0.3 is 14.2 Å². The van der Waals surface area contributed by atoms with Gasteiger partial charge in [-0.3, -0.25) is 0 Å². The van der Waals surface area contributed by atoms with Gasteiger partial charge in [0.25, 0.3) is 0 Å². The largest absolute Gasteiger partial charge is 0.493 e. The zero-order valence-corrected chi connectivity index (χ0v) is 13.5. The van der Waals surface area contributed by atoms with Crippen LogP contribution < -0.4 is 9.47 Å². The van der Waals surface area contributed by atoms with Gasteiger partial charge in [-0.2, -0.15) is 0 Å². The van der Waals surface area contributed by atoms with Crippen LogP contribution in [0.3, 0.4) is 0 Å². The first-order chi connectivity index (χ1) is 11.5. The summed E-state index contributed by atoms with van der Waals surface area (Å²) < 4.78 is 42.8. The summed E-state index contributed by atoms with van der Waals surface area (Å²) in [5, 5.41) is 0. The Balaban J connectivity index is 1.62. The Morgan fingerprint density at radius 3 is 3.00 bits per heavy atom. The highest BCUT2D eigenvalue weighted by atomic mass is 19.3. The number of methoxy groups -OCH3 is 1. The van der Waals surface area contributed by atoms with Crippen molar-refractivity contribution in [3.8, 4) is 11.5 Å². The molecule has 2 aliphatic rings. The summed E-state index contributed by atoms with van der Waals surface area (Å²) in [5.41, 5.74) is 1.11. The van der Waals surface area contributed by atoms with Crippen molar-refractivity contribution in [2.24, 2.45) is 5.92 Å². The molecule has 0 spiro atoms. The van der Waals surface area contributed by atoms with Crippen LogP contribution in [-0.2, 0) is 9.53 Å². The van der Waals surface area contributed by atoms with Crippen molar-refractivity contribution >= 4 is 12.0 Å². The highest BCUT2D eigenvalue weighted by Gasteiger charge is 2.36. The van der Waals surface area contributed by atoms with Crippen molar-refractivity contribution in [2.75, 3.05) is 20.3 Å². The fourth-order valence-corrected chi connectivity index (χ4v) is 3.16. The molecule has 0 saturated heterocycles. The van der Waals surface area contributed by atoms with Crippen molar-refractivity contribution in [1.82, 2.24) is 0 Å². The Morgan fingerprint density at radius 2 is 2.25 bits per heavy atom. The minimum absolute atomic E-state index is 0.0245. The van der Waals surface area contributed by atoms with Crippen LogP contribution in [0, 0.1) is 5.92 Å². The summed E-state index contributed by atoms with van der Waals surface area (Å²) in [5.74, 6) is -2.26. The van der Waals surface area contributed by atoms with Gasteiger partial charge in [-0.15, -0.1) is 0 Å². The average Bonchev–Trinajstić information content (AvgIpc) is 2.57. The van der Waals surface area contributed by atoms with E-state index in [0.717, 1.165) is 5.56 Å². The van der Waals surface area contributed by atoms with Crippen molar-refractivity contribution in [3.63, 3.8) is 0 Å². The number of rotatable bonds is 4. The highest BCUT2D eigenvalue weighted by Crippen LogP contribution is 2.37. The van der Waals surface area contributed by atoms with E-state index in [0.29, 0.717) is 29.9 Å². The van der Waals surface area contributed by atoms with Crippen LogP contribution in [0.25, 0.3) is 6.08 Å². The predicted molar refractivity (Wildman–Crippen MR) is 84.3 cm³/mol. The lowest BCUT2D eigenvalue weighted by Gasteiger charge is -2.28. The number of hydrogen-bond donors (Lipinski definition) is 0. The summed E-state index contributed by atoms with van der Waals surface area (Å²) in [7, 11) is 1.55. The van der Waals surface area contributed by atoms with Crippen LogP contribution in [0.2, 0.25) is 0 Å². The monoisotopic (exact) mass is 338 g/mol. The highest BCUT2D eigenvalue weighted by molar-refractivity contribution is 5.95. The zero-order chi connectivity index (χ0) is 17.2. The Bertz CT molecular complexity index is 654. The third-order valence-corrected chi connectivity index (χ3v) is 4.39. The van der Waals surface area contributed by atoms with Gasteiger partial charge in [-0.1, -0.05) is 12.1 Å². The molecule has 0 aromatic heterocycles. The molecular formula is C18H20F2O4. The molecule has 0 N–H and O–H groups in total. The second kappa shape index (κ2) is 6.79. The van der Waals surface area contributed by atoms with Crippen molar-refractivity contribution in [1.29, 1.82) is 0 Å². The number of ether oxygens (including phenoxy) is 3. The molecule has 1 aromatic rings. The first-order valence-corrected chi connectivity index (χ1v) is 8.04. The molecule has 0 radical (unpaired) electrons. The molecule has 6 heteroatoms. The molecule has 0 amide bonds. The van der Waals surface area contributed by atoms with E-state index in [1.807, 2.05) is 6.07 Å². The van der Waals surface area contributed by atoms with Gasteiger partial charge in [0.15, 0.2) is 11.5 Å². The van der Waals surface area contributed by atoms with E-state index in [2.05, 4.69) is 0 Å². The molecule has 1 fully saturated rings. The second-order valence-electron chi connectivity index (χ2n) is 6.25. The first-order valence-electron chi connectivity index (χ1n) is 8.04. The lowest BCUT2D eigenvalue weighted by Crippen LogP contribution is -2.29. The Kier molecular flexibility index (Phi) is 4.73. The third kappa shape index (κ3) is 3.68. The van der Waals surface area contributed by atoms with Gasteiger partial charge in [-0.05, 0) is 30.9 Å². The standard InChI is InChI=1S/C18H20F2O4/c1-22-15-6-2-5-13-8-14(11-23-16(13)15)17(21)24-10-12-4-3-7-18(19,20)9-12/h2,5-6,8,12H,3-4,7,9-11H2,1H3/t12-/m0/s1. The minimum Gasteiger partial charge on any atom is -0.493 e. The number of alkyl halides is 2. The van der Waals surface area contributed by atoms with E-state index >= 15 is 0 Å². The molecule has 0 unspecified atom stereocenters. The maximum Gasteiger partial charge on any atom is 0.337 e. The third-order valence-electron chi connectivity index (χ3n) is 4.39. The second-order valence-corrected chi connectivity index (χ2v) is 6.25. The number of halogens is 2. The molecular weight excluding hydrogens is 318 g/mol. The van der Waals surface area contributed by atoms with Crippen molar-refractivity contribution in [3.05, 3.63) is 29.3 Å². The van der Waals surface area contributed by atoms with Gasteiger partial charge in [0.2, 0.25) is 5.92 Å². The smallest absolute Gasteiger partial charge is 0.337 e. The predicted octanol–water partition coefficient (Wildman–Crippen LogP) is 3.84. The van der Waals surface area contributed by atoms with Crippen LogP contribution >= 0.6 is 0 Å². The molecule has 1 aromatic carbocycles. The van der Waals surface area contributed by atoms with Gasteiger partial charge in [0, 0.05) is 18.4 Å². The summed E-state index contributed by atoms with van der Waals surface area (Å²) in [6.45, 7) is 0.101. The van der Waals surface area contributed by atoms with Crippen LogP contribution in [0.1, 0.15) is 31.2 Å². The molecule has 1 aliphatic heterocycles. The fourth-order valence-electron chi connectivity index (χ4n) is 3.16. The molecule has 1 heterocycles. The van der Waals surface area contributed by atoms with Crippen LogP contribution in [-0.4, -0.2) is 32.2 Å². The van der Waals surface area contributed by atoms with E-state index < -0.39 is 11.9 Å². The number of esters is 1.